The van der Waals surface area contributed by atoms with E-state index >= 15 is 0 Å². The van der Waals surface area contributed by atoms with Crippen LogP contribution in [0.5, 0.6) is 0 Å². The maximum atomic E-state index is 13.3. The lowest BCUT2D eigenvalue weighted by atomic mass is 9.98. The van der Waals surface area contributed by atoms with E-state index in [0.717, 1.165) is 0 Å². The van der Waals surface area contributed by atoms with Gasteiger partial charge in [0.15, 0.2) is 0 Å². The maximum Gasteiger partial charge on any atom is 0.460 e. The molecule has 164 valence electrons. The Morgan fingerprint density at radius 1 is 0.630 bits per heavy atom. The van der Waals surface area contributed by atoms with Crippen molar-refractivity contribution >= 4 is 7.14 Å². The molecule has 0 rings (SSSR count). The van der Waals surface area contributed by atoms with E-state index in [-0.39, 0.29) is 6.42 Å². The van der Waals surface area contributed by atoms with Gasteiger partial charge < -0.3 is 4.57 Å². The molecule has 0 amide bonds. The van der Waals surface area contributed by atoms with E-state index in [4.69, 9.17) is 0 Å². The normalized spacial score (nSPS) is 14.6. The van der Waals surface area contributed by atoms with Gasteiger partial charge in [0.05, 0.1) is 7.14 Å². The van der Waals surface area contributed by atoms with Crippen LogP contribution in [-0.4, -0.2) is 42.4 Å². The van der Waals surface area contributed by atoms with Crippen molar-refractivity contribution in [2.24, 2.45) is 0 Å². The Bertz CT molecular complexity index is 481. The molecule has 0 aliphatic rings. The van der Waals surface area contributed by atoms with Gasteiger partial charge in [0.2, 0.25) is 0 Å². The third-order valence-corrected chi connectivity index (χ3v) is 8.11. The van der Waals surface area contributed by atoms with Gasteiger partial charge in [-0.15, -0.1) is 0 Å². The summed E-state index contributed by atoms with van der Waals surface area (Å²) in [5, 5.41) is 0. The van der Waals surface area contributed by atoms with E-state index in [1.165, 1.54) is 0 Å². The van der Waals surface area contributed by atoms with Gasteiger partial charge in [-0.05, 0) is 25.2 Å². The van der Waals surface area contributed by atoms with Crippen molar-refractivity contribution in [1.29, 1.82) is 0 Å². The Balaban J connectivity index is 4.32. The van der Waals surface area contributed by atoms with Crippen molar-refractivity contribution in [3.05, 3.63) is 0 Å². The summed E-state index contributed by atoms with van der Waals surface area (Å²) in [5.41, 5.74) is 0. The van der Waals surface area contributed by atoms with Crippen molar-refractivity contribution in [1.82, 2.24) is 0 Å². The topological polar surface area (TPSA) is 17.1 Å². The van der Waals surface area contributed by atoms with E-state index in [9.17, 15) is 44.1 Å². The summed E-state index contributed by atoms with van der Waals surface area (Å²) in [5.74, 6) is -18.8. The van der Waals surface area contributed by atoms with Crippen LogP contribution >= 0.6 is 7.14 Å². The van der Waals surface area contributed by atoms with Crippen molar-refractivity contribution < 1.29 is 44.1 Å². The summed E-state index contributed by atoms with van der Waals surface area (Å²) < 4.78 is 126. The van der Waals surface area contributed by atoms with E-state index < -0.39 is 43.9 Å². The minimum absolute atomic E-state index is 0.00246. The predicted molar refractivity (Wildman–Crippen MR) is 86.8 cm³/mol. The van der Waals surface area contributed by atoms with Gasteiger partial charge in [-0.1, -0.05) is 39.5 Å². The van der Waals surface area contributed by atoms with E-state index in [2.05, 4.69) is 0 Å². The zero-order valence-corrected chi connectivity index (χ0v) is 16.2. The molecule has 0 aromatic heterocycles. The van der Waals surface area contributed by atoms with Crippen molar-refractivity contribution in [2.75, 3.05) is 18.5 Å². The second-order valence-corrected chi connectivity index (χ2v) is 10.5. The number of halogens is 9. The standard InChI is InChI=1S/C16H26F9OP/c1-3-27(26,4-2)12-10-8-6-5-7-9-11-13(17,18)14(19,20)15(21,22)16(23,24)25/h3-12H2,1-2H3. The first-order valence-corrected chi connectivity index (χ1v) is 11.1. The van der Waals surface area contributed by atoms with Crippen LogP contribution in [0.15, 0.2) is 0 Å². The fourth-order valence-electron chi connectivity index (χ4n) is 2.56. The van der Waals surface area contributed by atoms with E-state index in [1.807, 2.05) is 13.8 Å². The van der Waals surface area contributed by atoms with E-state index in [0.29, 0.717) is 44.2 Å². The van der Waals surface area contributed by atoms with Gasteiger partial charge in [0, 0.05) is 12.6 Å². The van der Waals surface area contributed by atoms with Crippen LogP contribution < -0.4 is 0 Å². The Hall–Kier alpha value is -0.400. The van der Waals surface area contributed by atoms with Crippen LogP contribution in [0.1, 0.15) is 58.8 Å². The quantitative estimate of drug-likeness (QED) is 0.165. The molecule has 0 radical (unpaired) electrons. The summed E-state index contributed by atoms with van der Waals surface area (Å²) in [7, 11) is -2.16. The lowest BCUT2D eigenvalue weighted by Crippen LogP contribution is -2.60. The van der Waals surface area contributed by atoms with Crippen LogP contribution in [0.3, 0.4) is 0 Å². The predicted octanol–water partition coefficient (Wildman–Crippen LogP) is 7.59. The number of alkyl halides is 9. The van der Waals surface area contributed by atoms with Gasteiger partial charge in [-0.25, -0.2) is 0 Å². The van der Waals surface area contributed by atoms with Crippen LogP contribution in [0.4, 0.5) is 39.5 Å². The molecule has 0 aliphatic heterocycles. The summed E-state index contributed by atoms with van der Waals surface area (Å²) in [4.78, 5) is 0. The second kappa shape index (κ2) is 9.88. The Morgan fingerprint density at radius 3 is 1.44 bits per heavy atom. The number of unbranched alkanes of at least 4 members (excludes halogenated alkanes) is 5. The minimum Gasteiger partial charge on any atom is -0.324 e. The number of rotatable bonds is 13. The summed E-state index contributed by atoms with van der Waals surface area (Å²) >= 11 is 0. The highest BCUT2D eigenvalue weighted by atomic mass is 31.2. The fraction of sp³-hybridized carbons (Fsp3) is 1.00. The maximum absolute atomic E-state index is 13.3. The summed E-state index contributed by atoms with van der Waals surface area (Å²) in [6.07, 6.45) is -5.15. The van der Waals surface area contributed by atoms with Crippen molar-refractivity contribution in [3.63, 3.8) is 0 Å². The second-order valence-electron chi connectivity index (χ2n) is 6.64. The zero-order chi connectivity index (χ0) is 21.6. The number of hydrogen-bond donors (Lipinski definition) is 0. The van der Waals surface area contributed by atoms with Gasteiger partial charge in [-0.3, -0.25) is 0 Å². The zero-order valence-electron chi connectivity index (χ0n) is 15.3. The Labute approximate surface area is 153 Å². The largest absolute Gasteiger partial charge is 0.460 e. The first-order valence-electron chi connectivity index (χ1n) is 8.85. The lowest BCUT2D eigenvalue weighted by Gasteiger charge is -2.33. The van der Waals surface area contributed by atoms with Gasteiger partial charge in [0.25, 0.3) is 0 Å². The van der Waals surface area contributed by atoms with Gasteiger partial charge in [0.1, 0.15) is 0 Å². The molecule has 0 unspecified atom stereocenters. The molecule has 0 atom stereocenters. The van der Waals surface area contributed by atoms with Crippen LogP contribution in [0.25, 0.3) is 0 Å². The highest BCUT2D eigenvalue weighted by Crippen LogP contribution is 2.54. The summed E-state index contributed by atoms with van der Waals surface area (Å²) in [6, 6.07) is 0. The molecular weight excluding hydrogens is 410 g/mol. The Kier molecular flexibility index (Phi) is 9.73. The first-order chi connectivity index (χ1) is 12.1. The van der Waals surface area contributed by atoms with E-state index in [1.54, 1.807) is 0 Å². The molecule has 27 heavy (non-hydrogen) atoms. The van der Waals surface area contributed by atoms with Crippen LogP contribution in [-0.2, 0) is 4.57 Å². The first kappa shape index (κ1) is 26.6. The molecule has 0 aromatic carbocycles. The molecule has 0 heterocycles. The molecule has 1 nitrogen and oxygen atoms in total. The van der Waals surface area contributed by atoms with Gasteiger partial charge in [-0.2, -0.15) is 39.5 Å². The molecule has 0 saturated heterocycles. The molecule has 0 saturated carbocycles. The molecule has 11 heteroatoms. The third kappa shape index (κ3) is 6.86. The van der Waals surface area contributed by atoms with Crippen LogP contribution in [0, 0.1) is 0 Å². The smallest absolute Gasteiger partial charge is 0.324 e. The van der Waals surface area contributed by atoms with Gasteiger partial charge >= 0.3 is 23.9 Å². The molecule has 0 bridgehead atoms. The average Bonchev–Trinajstić information content (AvgIpc) is 2.55. The van der Waals surface area contributed by atoms with Crippen LogP contribution in [0.2, 0.25) is 0 Å². The molecule has 0 N–H and O–H groups in total. The van der Waals surface area contributed by atoms with Crippen molar-refractivity contribution in [2.45, 2.75) is 82.7 Å². The third-order valence-electron chi connectivity index (χ3n) is 4.67. The molecule has 0 spiro atoms. The lowest BCUT2D eigenvalue weighted by molar-refractivity contribution is -0.396. The highest BCUT2D eigenvalue weighted by Gasteiger charge is 2.81. The summed E-state index contributed by atoms with van der Waals surface area (Å²) in [6.45, 7) is 3.67. The molecule has 0 aromatic rings. The van der Waals surface area contributed by atoms with Crippen molar-refractivity contribution in [3.8, 4) is 0 Å². The Morgan fingerprint density at radius 2 is 1.04 bits per heavy atom. The molecular formula is C16H26F9OP. The molecule has 0 aliphatic carbocycles. The monoisotopic (exact) mass is 436 g/mol. The fourth-order valence-corrected chi connectivity index (χ4v) is 4.44. The average molecular weight is 436 g/mol. The SMILES string of the molecule is CCP(=O)(CC)CCCCCCCCC(F)(F)C(F)(F)C(F)(F)C(F)(F)F. The minimum atomic E-state index is -6.81. The molecule has 0 fully saturated rings. The number of hydrogen-bond acceptors (Lipinski definition) is 1. The highest BCUT2D eigenvalue weighted by molar-refractivity contribution is 7.63.